The minimum Gasteiger partial charge on any atom is -0.236 e. The van der Waals surface area contributed by atoms with Gasteiger partial charge in [0.2, 0.25) is 0 Å². The number of nitrogens with zero attached hydrogens (tertiary/aromatic N) is 3. The fourth-order valence-electron chi connectivity index (χ4n) is 5.99. The normalized spacial score (nSPS) is 19.5. The number of rotatable bonds is 17. The highest BCUT2D eigenvalue weighted by atomic mass is 14.9. The van der Waals surface area contributed by atoms with Crippen molar-refractivity contribution in [3.63, 3.8) is 0 Å². The summed E-state index contributed by atoms with van der Waals surface area (Å²) < 4.78 is 0. The Morgan fingerprint density at radius 3 is 1.86 bits per heavy atom. The van der Waals surface area contributed by atoms with Crippen molar-refractivity contribution in [2.45, 2.75) is 142 Å². The second-order valence-corrected chi connectivity index (χ2v) is 11.6. The monoisotopic (exact) mass is 501 g/mol. The van der Waals surface area contributed by atoms with Gasteiger partial charge in [0.1, 0.15) is 0 Å². The van der Waals surface area contributed by atoms with Crippen LogP contribution in [0, 0.1) is 16.7 Å². The molecular weight excluding hydrogens is 450 g/mol. The SMILES string of the molecule is CCCCCCCCCc1cnc(-c2ccc(C3CCC(C#N)(CCCCCCCC)CC3)cc2)nc1. The fraction of sp³-hybridized carbons (Fsp3) is 0.676. The molecule has 0 amide bonds. The average Bonchev–Trinajstić information content (AvgIpc) is 2.95. The van der Waals surface area contributed by atoms with E-state index in [2.05, 4.69) is 54.2 Å². The van der Waals surface area contributed by atoms with Gasteiger partial charge in [-0.2, -0.15) is 5.26 Å². The molecule has 0 spiro atoms. The number of aryl methyl sites for hydroxylation is 1. The lowest BCUT2D eigenvalue weighted by Crippen LogP contribution is -2.25. The first-order valence-corrected chi connectivity index (χ1v) is 15.5. The predicted molar refractivity (Wildman–Crippen MR) is 156 cm³/mol. The Morgan fingerprint density at radius 1 is 0.757 bits per heavy atom. The van der Waals surface area contributed by atoms with Gasteiger partial charge in [0, 0.05) is 18.0 Å². The zero-order chi connectivity index (χ0) is 26.2. The molecule has 1 fully saturated rings. The van der Waals surface area contributed by atoms with E-state index in [-0.39, 0.29) is 5.41 Å². The highest BCUT2D eigenvalue weighted by Gasteiger charge is 2.35. The van der Waals surface area contributed by atoms with Gasteiger partial charge in [-0.25, -0.2) is 9.97 Å². The highest BCUT2D eigenvalue weighted by molar-refractivity contribution is 5.55. The number of hydrogen-bond donors (Lipinski definition) is 0. The minimum absolute atomic E-state index is 0.0775. The summed E-state index contributed by atoms with van der Waals surface area (Å²) in [6, 6.07) is 11.6. The third kappa shape index (κ3) is 9.88. The molecule has 2 aromatic rings. The summed E-state index contributed by atoms with van der Waals surface area (Å²) in [5.74, 6) is 1.39. The first-order chi connectivity index (χ1) is 18.2. The largest absolute Gasteiger partial charge is 0.236 e. The number of benzene rings is 1. The van der Waals surface area contributed by atoms with E-state index in [0.717, 1.165) is 49.9 Å². The summed E-state index contributed by atoms with van der Waals surface area (Å²) in [6.45, 7) is 4.53. The quantitative estimate of drug-likeness (QED) is 0.202. The molecule has 0 bridgehead atoms. The molecule has 0 atom stereocenters. The predicted octanol–water partition coefficient (Wildman–Crippen LogP) is 10.4. The number of nitriles is 1. The molecule has 1 saturated carbocycles. The van der Waals surface area contributed by atoms with Gasteiger partial charge in [0.25, 0.3) is 0 Å². The van der Waals surface area contributed by atoms with Crippen LogP contribution < -0.4 is 0 Å². The van der Waals surface area contributed by atoms with Crippen LogP contribution in [0.2, 0.25) is 0 Å². The summed E-state index contributed by atoms with van der Waals surface area (Å²) >= 11 is 0. The first kappa shape index (κ1) is 29.3. The molecule has 0 unspecified atom stereocenters. The van der Waals surface area contributed by atoms with E-state index in [1.54, 1.807) is 0 Å². The van der Waals surface area contributed by atoms with Gasteiger partial charge in [-0.05, 0) is 62.0 Å². The maximum atomic E-state index is 9.96. The van der Waals surface area contributed by atoms with E-state index in [9.17, 15) is 5.26 Å². The van der Waals surface area contributed by atoms with Gasteiger partial charge >= 0.3 is 0 Å². The summed E-state index contributed by atoms with van der Waals surface area (Å²) in [4.78, 5) is 9.33. The van der Waals surface area contributed by atoms with Gasteiger partial charge in [0.05, 0.1) is 11.5 Å². The van der Waals surface area contributed by atoms with Crippen molar-refractivity contribution in [2.24, 2.45) is 5.41 Å². The van der Waals surface area contributed by atoms with Crippen molar-refractivity contribution in [2.75, 3.05) is 0 Å². The van der Waals surface area contributed by atoms with Crippen molar-refractivity contribution in [3.8, 4) is 17.5 Å². The Labute approximate surface area is 227 Å². The van der Waals surface area contributed by atoms with Gasteiger partial charge < -0.3 is 0 Å². The molecule has 1 aromatic carbocycles. The number of hydrogen-bond acceptors (Lipinski definition) is 3. The van der Waals surface area contributed by atoms with Crippen LogP contribution in [0.3, 0.4) is 0 Å². The summed E-state index contributed by atoms with van der Waals surface area (Å²) in [5, 5.41) is 9.96. The third-order valence-corrected chi connectivity index (χ3v) is 8.60. The maximum absolute atomic E-state index is 9.96. The van der Waals surface area contributed by atoms with Gasteiger partial charge in [-0.1, -0.05) is 115 Å². The molecule has 0 aliphatic heterocycles. The summed E-state index contributed by atoms with van der Waals surface area (Å²) in [6.07, 6.45) is 27.7. The zero-order valence-electron chi connectivity index (χ0n) is 23.8. The van der Waals surface area contributed by atoms with Gasteiger partial charge in [-0.15, -0.1) is 0 Å². The second-order valence-electron chi connectivity index (χ2n) is 11.6. The molecule has 37 heavy (non-hydrogen) atoms. The number of aromatic nitrogens is 2. The van der Waals surface area contributed by atoms with E-state index in [0.29, 0.717) is 5.92 Å². The topological polar surface area (TPSA) is 49.6 Å². The second kappa shape index (κ2) is 16.6. The molecule has 1 aliphatic rings. The molecule has 1 aromatic heterocycles. The average molecular weight is 502 g/mol. The van der Waals surface area contributed by atoms with Crippen LogP contribution in [0.1, 0.15) is 146 Å². The smallest absolute Gasteiger partial charge is 0.159 e. The molecule has 0 saturated heterocycles. The molecular formula is C34H51N3. The Morgan fingerprint density at radius 2 is 1.30 bits per heavy atom. The number of unbranched alkanes of at least 4 members (excludes halogenated alkanes) is 11. The molecule has 1 heterocycles. The van der Waals surface area contributed by atoms with Crippen LogP contribution in [0.5, 0.6) is 0 Å². The lowest BCUT2D eigenvalue weighted by molar-refractivity contribution is 0.223. The molecule has 3 heteroatoms. The zero-order valence-corrected chi connectivity index (χ0v) is 23.8. The van der Waals surface area contributed by atoms with Crippen molar-refractivity contribution in [3.05, 3.63) is 47.8 Å². The molecule has 202 valence electrons. The van der Waals surface area contributed by atoms with Crippen molar-refractivity contribution in [1.29, 1.82) is 5.26 Å². The van der Waals surface area contributed by atoms with E-state index in [1.165, 1.54) is 94.6 Å². The first-order valence-electron chi connectivity index (χ1n) is 15.5. The van der Waals surface area contributed by atoms with Crippen LogP contribution in [0.4, 0.5) is 0 Å². The van der Waals surface area contributed by atoms with E-state index >= 15 is 0 Å². The molecule has 1 aliphatic carbocycles. The van der Waals surface area contributed by atoms with Crippen LogP contribution in [0.25, 0.3) is 11.4 Å². The lowest BCUT2D eigenvalue weighted by Gasteiger charge is -2.35. The Hall–Kier alpha value is -2.21. The van der Waals surface area contributed by atoms with E-state index in [1.807, 2.05) is 12.4 Å². The Kier molecular flexibility index (Phi) is 13.2. The van der Waals surface area contributed by atoms with Crippen molar-refractivity contribution in [1.82, 2.24) is 9.97 Å². The van der Waals surface area contributed by atoms with Crippen molar-refractivity contribution >= 4 is 0 Å². The van der Waals surface area contributed by atoms with E-state index < -0.39 is 0 Å². The third-order valence-electron chi connectivity index (χ3n) is 8.60. The van der Waals surface area contributed by atoms with E-state index in [4.69, 9.17) is 0 Å². The minimum atomic E-state index is -0.0775. The van der Waals surface area contributed by atoms with Crippen LogP contribution in [0.15, 0.2) is 36.7 Å². The van der Waals surface area contributed by atoms with Crippen LogP contribution in [-0.2, 0) is 6.42 Å². The van der Waals surface area contributed by atoms with Crippen LogP contribution >= 0.6 is 0 Å². The fourth-order valence-corrected chi connectivity index (χ4v) is 5.99. The Balaban J connectivity index is 1.42. The van der Waals surface area contributed by atoms with Crippen LogP contribution in [-0.4, -0.2) is 9.97 Å². The molecule has 3 rings (SSSR count). The molecule has 3 nitrogen and oxygen atoms in total. The summed E-state index contributed by atoms with van der Waals surface area (Å²) in [5.41, 5.74) is 3.67. The Bertz CT molecular complexity index is 902. The lowest BCUT2D eigenvalue weighted by atomic mass is 9.67. The highest BCUT2D eigenvalue weighted by Crippen LogP contribution is 2.45. The molecule has 0 radical (unpaired) electrons. The van der Waals surface area contributed by atoms with Gasteiger partial charge in [0.15, 0.2) is 5.82 Å². The standard InChI is InChI=1S/C34H51N3/c1-3-5-7-9-11-12-14-16-29-26-36-33(37-27-29)32-19-17-30(18-20-32)31-21-24-34(28-35,25-22-31)23-15-13-10-8-6-4-2/h17-20,26-27,31H,3-16,21-25H2,1-2H3. The van der Waals surface area contributed by atoms with Crippen molar-refractivity contribution < 1.29 is 0 Å². The maximum Gasteiger partial charge on any atom is 0.159 e. The summed E-state index contributed by atoms with van der Waals surface area (Å²) in [7, 11) is 0. The molecule has 0 N–H and O–H groups in total. The van der Waals surface area contributed by atoms with Gasteiger partial charge in [-0.3, -0.25) is 0 Å².